The predicted octanol–water partition coefficient (Wildman–Crippen LogP) is 13.1. The highest BCUT2D eigenvalue weighted by atomic mass is 32.2. The van der Waals surface area contributed by atoms with Gasteiger partial charge >= 0.3 is 95.8 Å². The summed E-state index contributed by atoms with van der Waals surface area (Å²) in [5.41, 5.74) is -17.3. The van der Waals surface area contributed by atoms with Crippen LogP contribution in [0.15, 0.2) is 22.4 Å². The molecule has 0 saturated carbocycles. The maximum Gasteiger partial charge on any atom is 0.460 e. The van der Waals surface area contributed by atoms with Gasteiger partial charge in [0.1, 0.15) is 22.8 Å². The van der Waals surface area contributed by atoms with E-state index in [1.165, 1.54) is 19.9 Å². The summed E-state index contributed by atoms with van der Waals surface area (Å²) in [7, 11) is 0. The second-order valence-corrected chi connectivity index (χ2v) is 12.8. The minimum absolute atomic E-state index is 1.54. The quantitative estimate of drug-likeness (QED) is 0.139. The smallest absolute Gasteiger partial charge is 0.221 e. The number of hydrogen-bond acceptors (Lipinski definition) is 5. The van der Waals surface area contributed by atoms with E-state index in [1.54, 1.807) is 0 Å². The van der Waals surface area contributed by atoms with Crippen LogP contribution in [-0.4, -0.2) is 92.0 Å². The largest absolute Gasteiger partial charge is 0.460 e. The van der Waals surface area contributed by atoms with E-state index in [0.717, 1.165) is 0 Å². The maximum atomic E-state index is 14.8. The topological polar surface area (TPSA) is 51.6 Å². The van der Waals surface area contributed by atoms with Crippen molar-refractivity contribution in [3.8, 4) is 0 Å². The number of aromatic nitrogens is 4. The third kappa shape index (κ3) is 8.29. The van der Waals surface area contributed by atoms with Gasteiger partial charge in [0.25, 0.3) is 0 Å². The highest BCUT2D eigenvalue weighted by Gasteiger charge is 2.86. The molecule has 0 amide bonds. The van der Waals surface area contributed by atoms with E-state index < -0.39 is 153 Å². The van der Waals surface area contributed by atoms with Crippen molar-refractivity contribution >= 4 is 11.8 Å². The number of halogens is 36. The van der Waals surface area contributed by atoms with E-state index in [9.17, 15) is 158 Å². The normalized spacial score (nSPS) is 16.1. The van der Waals surface area contributed by atoms with Crippen LogP contribution < -0.4 is 0 Å². The molecule has 376 valence electrons. The van der Waals surface area contributed by atoms with Crippen LogP contribution in [0.3, 0.4) is 0 Å². The van der Waals surface area contributed by atoms with Crippen LogP contribution in [0.1, 0.15) is 22.8 Å². The Bertz CT molecular complexity index is 1790. The summed E-state index contributed by atoms with van der Waals surface area (Å²) in [5.74, 6) is -98.7. The summed E-state index contributed by atoms with van der Waals surface area (Å²) < 4.78 is 492. The summed E-state index contributed by atoms with van der Waals surface area (Å²) in [5, 5.41) is -6.97. The molecule has 2 aromatic heterocycles. The Morgan fingerprint density at radius 3 is 0.492 bits per heavy atom. The molecule has 0 spiro atoms. The highest BCUT2D eigenvalue weighted by Crippen LogP contribution is 2.62. The van der Waals surface area contributed by atoms with Gasteiger partial charge in [-0.05, 0) is 23.9 Å². The van der Waals surface area contributed by atoms with Crippen molar-refractivity contribution in [3.63, 3.8) is 0 Å². The van der Waals surface area contributed by atoms with Crippen LogP contribution in [0.5, 0.6) is 0 Å². The molecule has 41 heteroatoms. The summed E-state index contributed by atoms with van der Waals surface area (Å²) in [4.78, 5) is 6.15. The Kier molecular flexibility index (Phi) is 13.4. The van der Waals surface area contributed by atoms with Gasteiger partial charge in [-0.25, -0.2) is 19.9 Å². The molecule has 2 rings (SSSR count). The summed E-state index contributed by atoms with van der Waals surface area (Å²) >= 11 is -2.39. The lowest BCUT2D eigenvalue weighted by molar-refractivity contribution is -0.401. The summed E-state index contributed by atoms with van der Waals surface area (Å²) in [6, 6.07) is -4.62. The first kappa shape index (κ1) is 57.1. The molecule has 0 aliphatic heterocycles. The van der Waals surface area contributed by atoms with Gasteiger partial charge in [-0.2, -0.15) is 158 Å². The third-order valence-electron chi connectivity index (χ3n) is 7.46. The molecule has 0 fully saturated rings. The Balaban J connectivity index is 3.35. The molecule has 0 atom stereocenters. The van der Waals surface area contributed by atoms with Gasteiger partial charge < -0.3 is 0 Å². The fraction of sp³-hybridized carbons (Fsp3) is 0.667. The van der Waals surface area contributed by atoms with Crippen LogP contribution in [0.25, 0.3) is 0 Å². The van der Waals surface area contributed by atoms with E-state index in [1.807, 2.05) is 0 Å². The summed E-state index contributed by atoms with van der Waals surface area (Å²) in [6.07, 6.45) is -32.1. The molecule has 0 radical (unpaired) electrons. The molecule has 2 heterocycles. The first-order valence-corrected chi connectivity index (χ1v) is 15.0. The van der Waals surface area contributed by atoms with Crippen molar-refractivity contribution in [1.82, 2.24) is 19.9 Å². The van der Waals surface area contributed by atoms with Gasteiger partial charge in [-0.15, -0.1) is 0 Å². The second kappa shape index (κ2) is 15.3. The SMILES string of the molecule is FC(F)(F)C(F)(F)C(F)(F)C(F)(F)c1cc(C(F)(F)C(F)(F)C(F)(F)C(F)(F)F)nc(Sc2nc(C(F)(F)C(F)(F)C(F)(F)C(F)(F)F)cc(C(F)(F)C(F)(F)C(F)(F)C(F)(F)F)n2)n1. The minimum atomic E-state index is -8.40. The number of hydrogen-bond donors (Lipinski definition) is 0. The lowest BCUT2D eigenvalue weighted by atomic mass is 9.97. The van der Waals surface area contributed by atoms with Crippen LogP contribution in [0, 0.1) is 0 Å². The summed E-state index contributed by atoms with van der Waals surface area (Å²) in [6.45, 7) is 0. The van der Waals surface area contributed by atoms with Gasteiger partial charge in [-0.3, -0.25) is 0 Å². The predicted molar refractivity (Wildman–Crippen MR) is 128 cm³/mol. The number of nitrogens with zero attached hydrogens (tertiary/aromatic N) is 4. The Labute approximate surface area is 331 Å². The van der Waals surface area contributed by atoms with E-state index in [4.69, 9.17) is 0 Å². The molecule has 0 aliphatic carbocycles. The van der Waals surface area contributed by atoms with Crippen LogP contribution in [-0.2, 0) is 23.7 Å². The zero-order valence-electron chi connectivity index (χ0n) is 28.0. The first-order chi connectivity index (χ1) is 27.9. The minimum Gasteiger partial charge on any atom is -0.221 e. The van der Waals surface area contributed by atoms with Crippen molar-refractivity contribution in [2.45, 2.75) is 106 Å². The van der Waals surface area contributed by atoms with Crippen molar-refractivity contribution in [2.75, 3.05) is 0 Å². The fourth-order valence-electron chi connectivity index (χ4n) is 3.81. The molecule has 0 aromatic carbocycles. The Morgan fingerprint density at radius 2 is 0.369 bits per heavy atom. The molecule has 0 bridgehead atoms. The first-order valence-electron chi connectivity index (χ1n) is 14.2. The van der Waals surface area contributed by atoms with Gasteiger partial charge in [-0.1, -0.05) is 0 Å². The van der Waals surface area contributed by atoms with Crippen molar-refractivity contribution < 1.29 is 158 Å². The standard InChI is InChI=1S/C24H2F36N4S/c25-9(26,13(33,34)17(41,42)21(49,50)51)3-1-4(10(27,28)14(35,36)18(43,44)22(52,53)54)62-7(61-3)65-8-63-5(11(29,30)15(37,38)19(45,46)23(55,56)57)2-6(64-8)12(31,32)16(39,40)20(47,48)24(58,59)60/h1-2H. The Hall–Kier alpha value is -4.01. The third-order valence-corrected chi connectivity index (χ3v) is 8.19. The maximum absolute atomic E-state index is 14.8. The molecule has 0 aliphatic rings. The van der Waals surface area contributed by atoms with E-state index in [-0.39, 0.29) is 0 Å². The molecule has 2 aromatic rings. The average molecular weight is 1060 g/mol. The molecular formula is C24H2F36N4S. The lowest BCUT2D eigenvalue weighted by Crippen LogP contribution is -2.60. The van der Waals surface area contributed by atoms with E-state index in [0.29, 0.717) is 0 Å². The lowest BCUT2D eigenvalue weighted by Gasteiger charge is -2.35. The van der Waals surface area contributed by atoms with E-state index in [2.05, 4.69) is 0 Å². The van der Waals surface area contributed by atoms with Crippen molar-refractivity contribution in [1.29, 1.82) is 0 Å². The number of alkyl halides is 36. The van der Waals surface area contributed by atoms with Crippen molar-refractivity contribution in [2.24, 2.45) is 0 Å². The monoisotopic (exact) mass is 1060 g/mol. The fourth-order valence-corrected chi connectivity index (χ4v) is 4.55. The van der Waals surface area contributed by atoms with Crippen LogP contribution in [0.2, 0.25) is 0 Å². The van der Waals surface area contributed by atoms with Gasteiger partial charge in [0.15, 0.2) is 10.3 Å². The van der Waals surface area contributed by atoms with E-state index >= 15 is 0 Å². The van der Waals surface area contributed by atoms with Crippen LogP contribution in [0.4, 0.5) is 158 Å². The molecular weight excluding hydrogens is 1060 g/mol. The van der Waals surface area contributed by atoms with Gasteiger partial charge in [0, 0.05) is 0 Å². The molecule has 0 N–H and O–H groups in total. The molecule has 0 saturated heterocycles. The molecule has 0 unspecified atom stereocenters. The Morgan fingerprint density at radius 1 is 0.231 bits per heavy atom. The van der Waals surface area contributed by atoms with Crippen molar-refractivity contribution in [3.05, 3.63) is 34.9 Å². The highest BCUT2D eigenvalue weighted by molar-refractivity contribution is 7.99. The zero-order valence-corrected chi connectivity index (χ0v) is 28.8. The molecule has 65 heavy (non-hydrogen) atoms. The average Bonchev–Trinajstić information content (AvgIpc) is 3.08. The molecule has 4 nitrogen and oxygen atoms in total. The zero-order chi connectivity index (χ0) is 52.4. The number of rotatable bonds is 14. The second-order valence-electron chi connectivity index (χ2n) is 11.8. The van der Waals surface area contributed by atoms with Crippen LogP contribution >= 0.6 is 11.8 Å². The van der Waals surface area contributed by atoms with Gasteiger partial charge in [0.2, 0.25) is 0 Å². The van der Waals surface area contributed by atoms with Gasteiger partial charge in [0.05, 0.1) is 0 Å².